The molecule has 0 radical (unpaired) electrons. The van der Waals surface area contributed by atoms with Crippen molar-refractivity contribution >= 4 is 0 Å². The molecule has 68 valence electrons. The van der Waals surface area contributed by atoms with Gasteiger partial charge >= 0.3 is 0 Å². The zero-order chi connectivity index (χ0) is 8.91. The summed E-state index contributed by atoms with van der Waals surface area (Å²) >= 11 is 0. The summed E-state index contributed by atoms with van der Waals surface area (Å²) in [5.41, 5.74) is 0.215. The van der Waals surface area contributed by atoms with Crippen LogP contribution in [0.3, 0.4) is 0 Å². The Hall–Kier alpha value is -0.0800. The zero-order valence-electron chi connectivity index (χ0n) is 8.40. The molecule has 2 nitrogen and oxygen atoms in total. The molecule has 2 heteroatoms. The third-order valence-corrected chi connectivity index (χ3v) is 1.43. The van der Waals surface area contributed by atoms with E-state index < -0.39 is 0 Å². The molecule has 0 aliphatic heterocycles. The van der Waals surface area contributed by atoms with E-state index in [1.54, 1.807) is 7.11 Å². The fraction of sp³-hybridized carbons (Fsp3) is 1.00. The van der Waals surface area contributed by atoms with Crippen LogP contribution in [0.25, 0.3) is 0 Å². The summed E-state index contributed by atoms with van der Waals surface area (Å²) < 4.78 is 4.99. The lowest BCUT2D eigenvalue weighted by Gasteiger charge is -2.25. The molecule has 0 fully saturated rings. The largest absolute Gasteiger partial charge is 0.385 e. The molecule has 0 aliphatic carbocycles. The Morgan fingerprint density at radius 1 is 1.36 bits per heavy atom. The smallest absolute Gasteiger partial charge is 0.0476 e. The van der Waals surface area contributed by atoms with Crippen molar-refractivity contribution in [3.63, 3.8) is 0 Å². The zero-order valence-corrected chi connectivity index (χ0v) is 8.40. The van der Waals surface area contributed by atoms with Crippen LogP contribution in [0.5, 0.6) is 0 Å². The van der Waals surface area contributed by atoms with Gasteiger partial charge in [0.05, 0.1) is 0 Å². The summed E-state index contributed by atoms with van der Waals surface area (Å²) in [5.74, 6) is 0. The van der Waals surface area contributed by atoms with Gasteiger partial charge in [-0.3, -0.25) is 0 Å². The molecule has 0 aromatic heterocycles. The summed E-state index contributed by atoms with van der Waals surface area (Å²) in [7, 11) is 1.74. The van der Waals surface area contributed by atoms with E-state index in [2.05, 4.69) is 33.0 Å². The number of hydrogen-bond donors (Lipinski definition) is 1. The third kappa shape index (κ3) is 7.82. The topological polar surface area (TPSA) is 21.3 Å². The molecule has 0 saturated carbocycles. The summed E-state index contributed by atoms with van der Waals surface area (Å²) in [6.45, 7) is 9.55. The van der Waals surface area contributed by atoms with Crippen molar-refractivity contribution < 1.29 is 4.74 Å². The first-order valence-corrected chi connectivity index (χ1v) is 4.22. The number of nitrogens with one attached hydrogen (secondary N) is 1. The van der Waals surface area contributed by atoms with Crippen LogP contribution in [-0.4, -0.2) is 25.3 Å². The second-order valence-corrected chi connectivity index (χ2v) is 4.08. The van der Waals surface area contributed by atoms with E-state index in [0.29, 0.717) is 6.04 Å². The first-order chi connectivity index (χ1) is 4.95. The van der Waals surface area contributed by atoms with Crippen LogP contribution in [0.2, 0.25) is 0 Å². The molecule has 0 rings (SSSR count). The average molecular weight is 159 g/mol. The molecule has 11 heavy (non-hydrogen) atoms. The number of ether oxygens (including phenoxy) is 1. The highest BCUT2D eigenvalue weighted by atomic mass is 16.5. The normalized spacial score (nSPS) is 15.0. The number of methoxy groups -OCH3 is 1. The Bertz CT molecular complexity index is 96.2. The van der Waals surface area contributed by atoms with Crippen molar-refractivity contribution in [3.8, 4) is 0 Å². The average Bonchev–Trinajstić information content (AvgIpc) is 1.79. The van der Waals surface area contributed by atoms with Crippen LogP contribution in [0.4, 0.5) is 0 Å². The maximum Gasteiger partial charge on any atom is 0.0476 e. The molecular formula is C9H21NO. The first-order valence-electron chi connectivity index (χ1n) is 4.22. The lowest BCUT2D eigenvalue weighted by Crippen LogP contribution is -2.42. The number of rotatable bonds is 4. The lowest BCUT2D eigenvalue weighted by atomic mass is 10.1. The Kier molecular flexibility index (Phi) is 4.69. The van der Waals surface area contributed by atoms with E-state index in [-0.39, 0.29) is 5.54 Å². The SMILES string of the molecule is COCCC(C)NC(C)(C)C. The second-order valence-electron chi connectivity index (χ2n) is 4.08. The highest BCUT2D eigenvalue weighted by molar-refractivity contribution is 4.74. The predicted molar refractivity (Wildman–Crippen MR) is 48.8 cm³/mol. The van der Waals surface area contributed by atoms with Crippen LogP contribution in [0.15, 0.2) is 0 Å². The molecule has 0 aromatic carbocycles. The van der Waals surface area contributed by atoms with E-state index in [4.69, 9.17) is 4.74 Å². The van der Waals surface area contributed by atoms with E-state index in [9.17, 15) is 0 Å². The second kappa shape index (κ2) is 4.73. The number of hydrogen-bond acceptors (Lipinski definition) is 2. The van der Waals surface area contributed by atoms with Crippen LogP contribution in [0, 0.1) is 0 Å². The monoisotopic (exact) mass is 159 g/mol. The van der Waals surface area contributed by atoms with Crippen molar-refractivity contribution in [3.05, 3.63) is 0 Å². The lowest BCUT2D eigenvalue weighted by molar-refractivity contribution is 0.179. The molecule has 0 amide bonds. The molecule has 0 aromatic rings. The molecule has 0 spiro atoms. The molecule has 0 aliphatic rings. The van der Waals surface area contributed by atoms with Gasteiger partial charge in [-0.15, -0.1) is 0 Å². The first kappa shape index (κ1) is 10.9. The molecule has 0 saturated heterocycles. The Morgan fingerprint density at radius 3 is 2.27 bits per heavy atom. The Morgan fingerprint density at radius 2 is 1.91 bits per heavy atom. The summed E-state index contributed by atoms with van der Waals surface area (Å²) in [6, 6.07) is 0.537. The quantitative estimate of drug-likeness (QED) is 0.675. The van der Waals surface area contributed by atoms with E-state index in [0.717, 1.165) is 13.0 Å². The van der Waals surface area contributed by atoms with Gasteiger partial charge in [-0.2, -0.15) is 0 Å². The van der Waals surface area contributed by atoms with E-state index >= 15 is 0 Å². The molecular weight excluding hydrogens is 138 g/mol. The van der Waals surface area contributed by atoms with Gasteiger partial charge in [0.25, 0.3) is 0 Å². The van der Waals surface area contributed by atoms with Crippen molar-refractivity contribution in [1.82, 2.24) is 5.32 Å². The minimum absolute atomic E-state index is 0.215. The summed E-state index contributed by atoms with van der Waals surface area (Å²) in [6.07, 6.45) is 1.08. The summed E-state index contributed by atoms with van der Waals surface area (Å²) in [4.78, 5) is 0. The highest BCUT2D eigenvalue weighted by Gasteiger charge is 2.12. The molecule has 0 heterocycles. The van der Waals surface area contributed by atoms with Crippen LogP contribution in [-0.2, 0) is 4.74 Å². The maximum atomic E-state index is 4.99. The van der Waals surface area contributed by atoms with E-state index in [1.807, 2.05) is 0 Å². The standard InChI is InChI=1S/C9H21NO/c1-8(6-7-11-5)10-9(2,3)4/h8,10H,6-7H2,1-5H3. The molecule has 0 bridgehead atoms. The minimum atomic E-state index is 0.215. The van der Waals surface area contributed by atoms with Crippen LogP contribution < -0.4 is 5.32 Å². The van der Waals surface area contributed by atoms with E-state index in [1.165, 1.54) is 0 Å². The Labute approximate surface area is 70.3 Å². The van der Waals surface area contributed by atoms with Crippen LogP contribution in [0.1, 0.15) is 34.1 Å². The van der Waals surface area contributed by atoms with Crippen molar-refractivity contribution in [2.45, 2.75) is 45.7 Å². The van der Waals surface area contributed by atoms with Gasteiger partial charge in [0.1, 0.15) is 0 Å². The van der Waals surface area contributed by atoms with Gasteiger partial charge in [0, 0.05) is 25.3 Å². The highest BCUT2D eigenvalue weighted by Crippen LogP contribution is 2.02. The van der Waals surface area contributed by atoms with Gasteiger partial charge in [-0.05, 0) is 34.1 Å². The molecule has 1 unspecified atom stereocenters. The van der Waals surface area contributed by atoms with Crippen molar-refractivity contribution in [1.29, 1.82) is 0 Å². The van der Waals surface area contributed by atoms with Gasteiger partial charge in [-0.25, -0.2) is 0 Å². The maximum absolute atomic E-state index is 4.99. The van der Waals surface area contributed by atoms with Gasteiger partial charge in [0.2, 0.25) is 0 Å². The predicted octanol–water partition coefficient (Wildman–Crippen LogP) is 1.80. The van der Waals surface area contributed by atoms with Crippen LogP contribution >= 0.6 is 0 Å². The van der Waals surface area contributed by atoms with Gasteiger partial charge < -0.3 is 10.1 Å². The minimum Gasteiger partial charge on any atom is -0.385 e. The fourth-order valence-corrected chi connectivity index (χ4v) is 1.11. The van der Waals surface area contributed by atoms with Crippen molar-refractivity contribution in [2.24, 2.45) is 0 Å². The Balaban J connectivity index is 3.44. The van der Waals surface area contributed by atoms with Gasteiger partial charge in [-0.1, -0.05) is 0 Å². The van der Waals surface area contributed by atoms with Gasteiger partial charge in [0.15, 0.2) is 0 Å². The molecule has 1 N–H and O–H groups in total. The summed E-state index contributed by atoms with van der Waals surface area (Å²) in [5, 5.41) is 3.47. The molecule has 1 atom stereocenters. The van der Waals surface area contributed by atoms with Crippen molar-refractivity contribution in [2.75, 3.05) is 13.7 Å². The third-order valence-electron chi connectivity index (χ3n) is 1.43. The fourth-order valence-electron chi connectivity index (χ4n) is 1.11.